The standard InChI is InChI=1S/C13H11F6NO2/c1-2-22-11(21)7-10(13(17,18)19)20-9-6-4-3-5-8(9)12(14,15)16/h3-7,20H,2H2,1H3/b10-7+. The SMILES string of the molecule is CCOC(=O)/C=C(/Nc1ccccc1C(F)(F)F)C(F)(F)F. The van der Waals surface area contributed by atoms with Crippen LogP contribution in [0.25, 0.3) is 0 Å². The first-order valence-electron chi connectivity index (χ1n) is 5.94. The smallest absolute Gasteiger partial charge is 0.431 e. The van der Waals surface area contributed by atoms with Crippen LogP contribution < -0.4 is 5.32 Å². The molecular weight excluding hydrogens is 316 g/mol. The molecule has 0 spiro atoms. The average Bonchev–Trinajstić information content (AvgIpc) is 2.36. The third kappa shape index (κ3) is 4.97. The van der Waals surface area contributed by atoms with E-state index in [0.717, 1.165) is 18.2 Å². The molecule has 22 heavy (non-hydrogen) atoms. The maximum atomic E-state index is 12.8. The Hall–Kier alpha value is -2.19. The van der Waals surface area contributed by atoms with Gasteiger partial charge in [-0.1, -0.05) is 12.1 Å². The normalized spacial score (nSPS) is 13.0. The second kappa shape index (κ2) is 6.71. The van der Waals surface area contributed by atoms with Gasteiger partial charge in [0.25, 0.3) is 0 Å². The maximum absolute atomic E-state index is 12.8. The Balaban J connectivity index is 3.20. The number of hydrogen-bond donors (Lipinski definition) is 1. The van der Waals surface area contributed by atoms with Crippen molar-refractivity contribution in [1.29, 1.82) is 0 Å². The molecule has 9 heteroatoms. The lowest BCUT2D eigenvalue weighted by atomic mass is 10.1. The third-order valence-electron chi connectivity index (χ3n) is 2.36. The van der Waals surface area contributed by atoms with Crippen molar-refractivity contribution in [3.63, 3.8) is 0 Å². The zero-order valence-corrected chi connectivity index (χ0v) is 11.2. The number of esters is 1. The number of alkyl halides is 6. The van der Waals surface area contributed by atoms with Crippen LogP contribution in [0.15, 0.2) is 36.0 Å². The number of carbonyl (C=O) groups excluding carboxylic acids is 1. The van der Waals surface area contributed by atoms with E-state index in [-0.39, 0.29) is 12.7 Å². The molecule has 0 radical (unpaired) electrons. The van der Waals surface area contributed by atoms with Gasteiger partial charge in [0, 0.05) is 0 Å². The molecule has 0 aliphatic rings. The number of para-hydroxylation sites is 1. The van der Waals surface area contributed by atoms with Crippen LogP contribution in [0.2, 0.25) is 0 Å². The maximum Gasteiger partial charge on any atom is 0.431 e. The molecule has 1 aromatic rings. The minimum atomic E-state index is -5.05. The van der Waals surface area contributed by atoms with Crippen molar-refractivity contribution in [3.05, 3.63) is 41.6 Å². The lowest BCUT2D eigenvalue weighted by molar-refractivity contribution is -0.138. The van der Waals surface area contributed by atoms with Crippen LogP contribution >= 0.6 is 0 Å². The quantitative estimate of drug-likeness (QED) is 0.513. The summed E-state index contributed by atoms with van der Waals surface area (Å²) in [6.45, 7) is 1.21. The average molecular weight is 327 g/mol. The van der Waals surface area contributed by atoms with Gasteiger partial charge in [0.05, 0.1) is 23.9 Å². The van der Waals surface area contributed by atoms with Crippen molar-refractivity contribution >= 4 is 11.7 Å². The Morgan fingerprint density at radius 1 is 1.18 bits per heavy atom. The Kier molecular flexibility index (Phi) is 5.45. The van der Waals surface area contributed by atoms with Gasteiger partial charge in [-0.05, 0) is 19.1 Å². The van der Waals surface area contributed by atoms with E-state index in [0.29, 0.717) is 6.07 Å². The lowest BCUT2D eigenvalue weighted by Gasteiger charge is -2.18. The van der Waals surface area contributed by atoms with Crippen molar-refractivity contribution in [2.75, 3.05) is 11.9 Å². The number of halogens is 6. The number of hydrogen-bond acceptors (Lipinski definition) is 3. The number of rotatable bonds is 4. The van der Waals surface area contributed by atoms with Gasteiger partial charge in [0.1, 0.15) is 5.70 Å². The molecule has 1 aromatic carbocycles. The molecule has 0 atom stereocenters. The van der Waals surface area contributed by atoms with Crippen LogP contribution in [0.4, 0.5) is 32.0 Å². The van der Waals surface area contributed by atoms with Gasteiger partial charge in [-0.3, -0.25) is 0 Å². The van der Waals surface area contributed by atoms with Crippen molar-refractivity contribution in [1.82, 2.24) is 0 Å². The highest BCUT2D eigenvalue weighted by atomic mass is 19.4. The van der Waals surface area contributed by atoms with Crippen LogP contribution in [0.1, 0.15) is 12.5 Å². The van der Waals surface area contributed by atoms with E-state index in [1.165, 1.54) is 6.92 Å². The minimum absolute atomic E-state index is 0.0661. The van der Waals surface area contributed by atoms with Gasteiger partial charge in [-0.2, -0.15) is 26.3 Å². The molecule has 3 nitrogen and oxygen atoms in total. The van der Waals surface area contributed by atoms with Crippen molar-refractivity contribution < 1.29 is 35.9 Å². The van der Waals surface area contributed by atoms with Crippen LogP contribution in [-0.4, -0.2) is 18.8 Å². The van der Waals surface area contributed by atoms with Gasteiger partial charge < -0.3 is 10.1 Å². The summed E-state index contributed by atoms with van der Waals surface area (Å²) < 4.78 is 81.0. The molecule has 1 rings (SSSR count). The summed E-state index contributed by atoms with van der Waals surface area (Å²) in [5, 5.41) is 1.60. The number of ether oxygens (including phenoxy) is 1. The highest BCUT2D eigenvalue weighted by Gasteiger charge is 2.38. The second-order valence-electron chi connectivity index (χ2n) is 3.98. The predicted molar refractivity (Wildman–Crippen MR) is 65.8 cm³/mol. The number of carbonyl (C=O) groups is 1. The Bertz CT molecular complexity index is 562. The van der Waals surface area contributed by atoms with E-state index < -0.39 is 35.3 Å². The fourth-order valence-electron chi connectivity index (χ4n) is 1.47. The zero-order chi connectivity index (χ0) is 17.0. The second-order valence-corrected chi connectivity index (χ2v) is 3.98. The molecule has 122 valence electrons. The number of nitrogens with one attached hydrogen (secondary N) is 1. The third-order valence-corrected chi connectivity index (χ3v) is 2.36. The van der Waals surface area contributed by atoms with Crippen LogP contribution in [0.3, 0.4) is 0 Å². The van der Waals surface area contributed by atoms with E-state index in [1.54, 1.807) is 5.32 Å². The van der Waals surface area contributed by atoms with Gasteiger partial charge in [0.15, 0.2) is 0 Å². The molecule has 0 amide bonds. The molecule has 0 bridgehead atoms. The molecule has 0 fully saturated rings. The van der Waals surface area contributed by atoms with E-state index in [1.807, 2.05) is 0 Å². The molecule has 0 unspecified atom stereocenters. The van der Waals surface area contributed by atoms with Gasteiger partial charge in [-0.15, -0.1) is 0 Å². The Morgan fingerprint density at radius 3 is 2.27 bits per heavy atom. The molecule has 0 aliphatic heterocycles. The van der Waals surface area contributed by atoms with E-state index in [9.17, 15) is 31.1 Å². The zero-order valence-electron chi connectivity index (χ0n) is 11.2. The highest BCUT2D eigenvalue weighted by molar-refractivity contribution is 5.84. The summed E-state index contributed by atoms with van der Waals surface area (Å²) in [5.41, 5.74) is -3.75. The van der Waals surface area contributed by atoms with Gasteiger partial charge in [-0.25, -0.2) is 4.79 Å². The molecule has 0 aliphatic carbocycles. The van der Waals surface area contributed by atoms with E-state index in [4.69, 9.17) is 0 Å². The summed E-state index contributed by atoms with van der Waals surface area (Å²) in [5.74, 6) is -1.31. The molecule has 0 aromatic heterocycles. The largest absolute Gasteiger partial charge is 0.463 e. The fourth-order valence-corrected chi connectivity index (χ4v) is 1.47. The molecule has 0 saturated carbocycles. The summed E-state index contributed by atoms with van der Waals surface area (Å²) in [4.78, 5) is 11.1. The molecule has 0 saturated heterocycles. The van der Waals surface area contributed by atoms with Crippen LogP contribution in [0, 0.1) is 0 Å². The summed E-state index contributed by atoms with van der Waals surface area (Å²) in [6.07, 6.45) is -9.83. The number of anilines is 1. The predicted octanol–water partition coefficient (Wildman–Crippen LogP) is 4.13. The number of allylic oxidation sites excluding steroid dienone is 1. The van der Waals surface area contributed by atoms with Crippen molar-refractivity contribution in [2.45, 2.75) is 19.3 Å². The first-order valence-corrected chi connectivity index (χ1v) is 5.94. The molecule has 1 N–H and O–H groups in total. The van der Waals surface area contributed by atoms with Crippen molar-refractivity contribution in [2.24, 2.45) is 0 Å². The lowest BCUT2D eigenvalue weighted by Crippen LogP contribution is -2.22. The number of benzene rings is 1. The summed E-state index contributed by atoms with van der Waals surface area (Å²) >= 11 is 0. The van der Waals surface area contributed by atoms with E-state index >= 15 is 0 Å². The Morgan fingerprint density at radius 2 is 1.77 bits per heavy atom. The van der Waals surface area contributed by atoms with Crippen LogP contribution in [-0.2, 0) is 15.7 Å². The van der Waals surface area contributed by atoms with E-state index in [2.05, 4.69) is 4.74 Å². The fraction of sp³-hybridized carbons (Fsp3) is 0.308. The summed E-state index contributed by atoms with van der Waals surface area (Å²) in [7, 11) is 0. The first kappa shape index (κ1) is 17.9. The van der Waals surface area contributed by atoms with Crippen molar-refractivity contribution in [3.8, 4) is 0 Å². The topological polar surface area (TPSA) is 38.3 Å². The molecule has 0 heterocycles. The van der Waals surface area contributed by atoms with Gasteiger partial charge >= 0.3 is 18.3 Å². The first-order chi connectivity index (χ1) is 10.1. The van der Waals surface area contributed by atoms with Crippen LogP contribution in [0.5, 0.6) is 0 Å². The monoisotopic (exact) mass is 327 g/mol. The Labute approximate surface area is 121 Å². The highest BCUT2D eigenvalue weighted by Crippen LogP contribution is 2.36. The summed E-state index contributed by atoms with van der Waals surface area (Å²) in [6, 6.07) is 3.63. The van der Waals surface area contributed by atoms with Gasteiger partial charge in [0.2, 0.25) is 0 Å². The minimum Gasteiger partial charge on any atom is -0.463 e. The molecular formula is C13H11F6NO2.